The predicted octanol–water partition coefficient (Wildman–Crippen LogP) is 3.76. The quantitative estimate of drug-likeness (QED) is 0.714. The second-order valence-electron chi connectivity index (χ2n) is 7.05. The molecule has 2 aromatic heterocycles. The zero-order chi connectivity index (χ0) is 16.4. The summed E-state index contributed by atoms with van der Waals surface area (Å²) in [4.78, 5) is 2.52. The van der Waals surface area contributed by atoms with E-state index in [2.05, 4.69) is 26.7 Å². The number of rotatable bonds is 7. The first-order chi connectivity index (χ1) is 11.8. The minimum absolute atomic E-state index is 0.603. The van der Waals surface area contributed by atoms with Crippen LogP contribution in [0.4, 0.5) is 0 Å². The van der Waals surface area contributed by atoms with Crippen LogP contribution >= 0.6 is 11.8 Å². The van der Waals surface area contributed by atoms with Gasteiger partial charge in [-0.1, -0.05) is 18.2 Å². The number of thioether (sulfide) groups is 1. The van der Waals surface area contributed by atoms with Crippen molar-refractivity contribution in [3.8, 4) is 0 Å². The number of likely N-dealkylation sites (tertiary alicyclic amines) is 1. The fraction of sp³-hybridized carbons (Fsp3) is 0.667. The summed E-state index contributed by atoms with van der Waals surface area (Å²) in [6.07, 6.45) is 9.52. The van der Waals surface area contributed by atoms with Gasteiger partial charge in [0.05, 0.1) is 12.8 Å². The Hall–Kier alpha value is -1.27. The highest BCUT2D eigenvalue weighted by atomic mass is 32.2. The summed E-state index contributed by atoms with van der Waals surface area (Å²) >= 11 is 1.85. The maximum absolute atomic E-state index is 5.54. The Morgan fingerprint density at radius 1 is 1.25 bits per heavy atom. The van der Waals surface area contributed by atoms with Crippen molar-refractivity contribution in [1.29, 1.82) is 0 Å². The van der Waals surface area contributed by atoms with Crippen LogP contribution in [-0.4, -0.2) is 45.1 Å². The van der Waals surface area contributed by atoms with Gasteiger partial charge in [0.1, 0.15) is 11.6 Å². The normalized spacial score (nSPS) is 22.1. The van der Waals surface area contributed by atoms with E-state index in [1.54, 1.807) is 6.26 Å². The lowest BCUT2D eigenvalue weighted by molar-refractivity contribution is 0.182. The van der Waals surface area contributed by atoms with Gasteiger partial charge in [-0.05, 0) is 57.8 Å². The summed E-state index contributed by atoms with van der Waals surface area (Å²) in [5, 5.41) is 10.0. The molecule has 3 heterocycles. The van der Waals surface area contributed by atoms with E-state index in [4.69, 9.17) is 4.42 Å². The summed E-state index contributed by atoms with van der Waals surface area (Å²) in [6, 6.07) is 4.71. The number of furan rings is 1. The highest BCUT2D eigenvalue weighted by Crippen LogP contribution is 2.40. The van der Waals surface area contributed by atoms with Gasteiger partial charge in [0.2, 0.25) is 0 Å². The molecule has 5 nitrogen and oxygen atoms in total. The number of aromatic nitrogens is 3. The molecule has 0 N–H and O–H groups in total. The highest BCUT2D eigenvalue weighted by Gasteiger charge is 2.30. The molecule has 2 fully saturated rings. The Kier molecular flexibility index (Phi) is 4.94. The number of nitrogens with zero attached hydrogens (tertiary/aromatic N) is 4. The van der Waals surface area contributed by atoms with E-state index in [1.165, 1.54) is 45.1 Å². The molecule has 2 aliphatic rings. The Bertz CT molecular complexity index is 650. The van der Waals surface area contributed by atoms with Crippen molar-refractivity contribution in [1.82, 2.24) is 19.7 Å². The Labute approximate surface area is 147 Å². The average Bonchev–Trinajstić information content (AvgIpc) is 3.15. The molecule has 1 atom stereocenters. The molecule has 0 amide bonds. The molecule has 6 heteroatoms. The average molecular weight is 347 g/mol. The van der Waals surface area contributed by atoms with Crippen LogP contribution in [0.3, 0.4) is 0 Å². The van der Waals surface area contributed by atoms with Gasteiger partial charge >= 0.3 is 0 Å². The monoisotopic (exact) mass is 346 g/mol. The van der Waals surface area contributed by atoms with Crippen molar-refractivity contribution in [2.24, 2.45) is 0 Å². The largest absolute Gasteiger partial charge is 0.467 e. The van der Waals surface area contributed by atoms with Crippen LogP contribution in [0.1, 0.15) is 56.0 Å². The molecule has 1 unspecified atom stereocenters. The first-order valence-electron chi connectivity index (χ1n) is 9.10. The third kappa shape index (κ3) is 3.70. The summed E-state index contributed by atoms with van der Waals surface area (Å²) in [5.74, 6) is 3.83. The Balaban J connectivity index is 1.40. The third-order valence-corrected chi connectivity index (χ3v) is 6.19. The van der Waals surface area contributed by atoms with E-state index in [9.17, 15) is 0 Å². The summed E-state index contributed by atoms with van der Waals surface area (Å²) in [7, 11) is 2.26. The molecule has 1 aliphatic carbocycles. The van der Waals surface area contributed by atoms with Crippen molar-refractivity contribution in [3.05, 3.63) is 30.0 Å². The SMILES string of the molecule is CN1CCCCC1CCSc1nnc(C2CC2)n1Cc1ccco1. The van der Waals surface area contributed by atoms with Crippen LogP contribution in [0.2, 0.25) is 0 Å². The lowest BCUT2D eigenvalue weighted by Gasteiger charge is -2.32. The summed E-state index contributed by atoms with van der Waals surface area (Å²) in [5.41, 5.74) is 0. The predicted molar refractivity (Wildman–Crippen MR) is 95.4 cm³/mol. The van der Waals surface area contributed by atoms with Gasteiger partial charge in [0, 0.05) is 17.7 Å². The van der Waals surface area contributed by atoms with Crippen molar-refractivity contribution in [2.75, 3.05) is 19.3 Å². The molecule has 0 aromatic carbocycles. The van der Waals surface area contributed by atoms with Crippen LogP contribution in [0.5, 0.6) is 0 Å². The Morgan fingerprint density at radius 2 is 2.17 bits per heavy atom. The first-order valence-corrected chi connectivity index (χ1v) is 10.1. The molecule has 24 heavy (non-hydrogen) atoms. The second kappa shape index (κ2) is 7.31. The third-order valence-electron chi connectivity index (χ3n) is 5.19. The number of hydrogen-bond acceptors (Lipinski definition) is 5. The van der Waals surface area contributed by atoms with E-state index < -0.39 is 0 Å². The van der Waals surface area contributed by atoms with Crippen LogP contribution in [0.25, 0.3) is 0 Å². The van der Waals surface area contributed by atoms with Gasteiger partial charge in [0.15, 0.2) is 5.16 Å². The Morgan fingerprint density at radius 3 is 2.92 bits per heavy atom. The smallest absolute Gasteiger partial charge is 0.191 e. The highest BCUT2D eigenvalue weighted by molar-refractivity contribution is 7.99. The van der Waals surface area contributed by atoms with E-state index >= 15 is 0 Å². The van der Waals surface area contributed by atoms with Crippen molar-refractivity contribution < 1.29 is 4.42 Å². The lowest BCUT2D eigenvalue weighted by Crippen LogP contribution is -2.36. The molecule has 130 valence electrons. The van der Waals surface area contributed by atoms with E-state index in [0.29, 0.717) is 5.92 Å². The van der Waals surface area contributed by atoms with Gasteiger partial charge in [-0.2, -0.15) is 0 Å². The van der Waals surface area contributed by atoms with Gasteiger partial charge in [-0.3, -0.25) is 4.57 Å². The zero-order valence-electron chi connectivity index (χ0n) is 14.4. The molecule has 4 rings (SSSR count). The molecule has 0 bridgehead atoms. The maximum atomic E-state index is 5.54. The molecule has 0 spiro atoms. The molecular formula is C18H26N4OS. The van der Waals surface area contributed by atoms with Crippen molar-refractivity contribution in [2.45, 2.75) is 62.2 Å². The fourth-order valence-electron chi connectivity index (χ4n) is 3.55. The maximum Gasteiger partial charge on any atom is 0.191 e. The van der Waals surface area contributed by atoms with Crippen molar-refractivity contribution in [3.63, 3.8) is 0 Å². The minimum atomic E-state index is 0.603. The van der Waals surface area contributed by atoms with E-state index in [0.717, 1.165) is 35.1 Å². The number of hydrogen-bond donors (Lipinski definition) is 0. The standard InChI is InChI=1S/C18H26N4OS/c1-21-10-3-2-5-15(21)9-12-24-18-20-19-17(14-7-8-14)22(18)13-16-6-4-11-23-16/h4,6,11,14-15H,2-3,5,7-10,12-13H2,1H3. The van der Waals surface area contributed by atoms with Gasteiger partial charge < -0.3 is 9.32 Å². The number of piperidine rings is 1. The summed E-state index contributed by atoms with van der Waals surface area (Å²) < 4.78 is 7.81. The van der Waals surface area contributed by atoms with Gasteiger partial charge in [-0.15, -0.1) is 10.2 Å². The minimum Gasteiger partial charge on any atom is -0.467 e. The molecular weight excluding hydrogens is 320 g/mol. The van der Waals surface area contributed by atoms with Gasteiger partial charge in [-0.25, -0.2) is 0 Å². The van der Waals surface area contributed by atoms with Crippen LogP contribution in [-0.2, 0) is 6.54 Å². The van der Waals surface area contributed by atoms with Crippen molar-refractivity contribution >= 4 is 11.8 Å². The topological polar surface area (TPSA) is 47.1 Å². The lowest BCUT2D eigenvalue weighted by atomic mass is 10.0. The molecule has 1 saturated heterocycles. The first kappa shape index (κ1) is 16.2. The van der Waals surface area contributed by atoms with Crippen LogP contribution in [0.15, 0.2) is 28.0 Å². The van der Waals surface area contributed by atoms with E-state index in [-0.39, 0.29) is 0 Å². The fourth-order valence-corrected chi connectivity index (χ4v) is 4.54. The molecule has 1 aliphatic heterocycles. The van der Waals surface area contributed by atoms with Crippen LogP contribution in [0, 0.1) is 0 Å². The molecule has 0 radical (unpaired) electrons. The molecule has 2 aromatic rings. The van der Waals surface area contributed by atoms with E-state index in [1.807, 2.05) is 23.9 Å². The second-order valence-corrected chi connectivity index (χ2v) is 8.11. The molecule has 1 saturated carbocycles. The van der Waals surface area contributed by atoms with Gasteiger partial charge in [0.25, 0.3) is 0 Å². The zero-order valence-corrected chi connectivity index (χ0v) is 15.2. The van der Waals surface area contributed by atoms with Crippen LogP contribution < -0.4 is 0 Å². The summed E-state index contributed by atoms with van der Waals surface area (Å²) in [6.45, 7) is 1.99.